The Hall–Kier alpha value is -2.15. The van der Waals surface area contributed by atoms with Crippen molar-refractivity contribution in [2.75, 3.05) is 46.2 Å². The number of hydrogen-bond acceptors (Lipinski definition) is 36. The van der Waals surface area contributed by atoms with Crippen LogP contribution in [0.15, 0.2) is 11.6 Å². The van der Waals surface area contributed by atoms with Gasteiger partial charge in [-0.05, 0) is 92.3 Å². The second-order valence-corrected chi connectivity index (χ2v) is 33.3. The normalized spacial score (nSPS) is 56.2. The predicted molar refractivity (Wildman–Crippen MR) is 339 cm³/mol. The minimum absolute atomic E-state index is 0.0505. The molecule has 11 fully saturated rings. The van der Waals surface area contributed by atoms with Crippen molar-refractivity contribution < 1.29 is 178 Å². The Balaban J connectivity index is 0.752. The monoisotopic (exact) mass is 1500 g/mol. The molecule has 12 aliphatic rings. The molecule has 7 heterocycles. The molecule has 12 rings (SSSR count). The Morgan fingerprint density at radius 2 is 1.08 bits per heavy atom. The van der Waals surface area contributed by atoms with Crippen LogP contribution in [-0.2, 0) is 71.1 Å². The predicted octanol–water partition coefficient (Wildman–Crippen LogP) is -8.06. The molecule has 0 aromatic carbocycles. The smallest absolute Gasteiger partial charge is 0.317 e. The van der Waals surface area contributed by atoms with Crippen molar-refractivity contribution in [1.82, 2.24) is 0 Å². The lowest BCUT2D eigenvalue weighted by atomic mass is 9.32. The number of esters is 1. The van der Waals surface area contributed by atoms with Crippen LogP contribution >= 0.6 is 0 Å². The molecule has 7 aliphatic heterocycles. The van der Waals surface area contributed by atoms with Crippen LogP contribution in [0.1, 0.15) is 100 Å². The van der Waals surface area contributed by atoms with Crippen LogP contribution in [0.3, 0.4) is 0 Å². The average molecular weight is 1500 g/mol. The van der Waals surface area contributed by atoms with Gasteiger partial charge in [-0.25, -0.2) is 0 Å². The van der Waals surface area contributed by atoms with E-state index in [1.165, 1.54) is 13.8 Å². The van der Waals surface area contributed by atoms with Crippen molar-refractivity contribution in [3.8, 4) is 0 Å². The van der Waals surface area contributed by atoms with Crippen molar-refractivity contribution in [3.63, 3.8) is 0 Å². The standard InChI is InChI=1S/C68H110O36/c1-24-36(77)40(81)43(84)56(95-24)100-48-33(98-54-42(83)37(78)30(74)18-91-54)20-93-55(45(48)86)99-47-25(2)96-57(44(85)41(47)82)102-50-38(79)31(75)19-92-59(50)104-61(89)68-12-11-62(3,4)13-27(68)26-9-10-34-63(5)14-29(73)53(64(6,21-70)51(63)28(72)15-66(34,8)65(26,7)16-35(68)76)103-58-46(87)49(39(80)32(17-69)97-58)101-60-52(88)67(90,22-71)23-94-60/h9,24-25,27-60,69-88,90H,10-23H2,1-8H3/t24-,25-,27-,28+,29-,30+,31+,32+,33+,34+,35+,36-,37-,38+,39+,40+,41-,42+,43+,44+,45+,46+,47-,48-,49-,50-,51+,52-,53-,54-,55-,56-,57-,58-,59-,60-,63+,64-,65+,66+,67+,68+/m0/s1. The molecule has 5 aliphatic carbocycles. The molecule has 36 nitrogen and oxygen atoms in total. The molecule has 36 heteroatoms. The van der Waals surface area contributed by atoms with E-state index in [2.05, 4.69) is 6.08 Å². The lowest BCUT2D eigenvalue weighted by Crippen LogP contribution is -2.73. The molecule has 0 radical (unpaired) electrons. The molecule has 7 saturated heterocycles. The number of rotatable bonds is 17. The summed E-state index contributed by atoms with van der Waals surface area (Å²) in [5.74, 6) is -2.94. The van der Waals surface area contributed by atoms with Crippen LogP contribution in [0, 0.1) is 50.2 Å². The number of ether oxygens (including phenoxy) is 14. The van der Waals surface area contributed by atoms with Gasteiger partial charge >= 0.3 is 5.97 Å². The summed E-state index contributed by atoms with van der Waals surface area (Å²) in [5.41, 5.74) is -7.94. The van der Waals surface area contributed by atoms with Crippen LogP contribution in [-0.4, -0.2) is 368 Å². The SMILES string of the molecule is C[C@@H]1O[C@@H](O[C@@H]2[C@@H](O)[C@H](O[C@@H]3[C@@H](O)[C@@H](O)[C@H](O[C@@H]4[C@H](OC(=O)[C@]56CCC(C)(C)C[C@H]5C5=CC[C@@H]7[C@@]8(C)C[C@H](O)[C@H](O[C@@H]9O[C@H](CO)[C@@H](O)[C@H](O[C@@H]%10OC[C@](O)(CO)[C@H]%10O)[C@H]9O)[C@@](C)(CO)[C@@H]8[C@H](O)C[C@@]7(C)[C@]5(C)C[C@H]6O)OC[C@@H](O)[C@H]4O)O[C@H]3C)OC[C@H]2O[C@@H]2OC[C@@H](O)[C@H](O)[C@H]2O)[C@H](O)[C@H](O)[C@H]1O. The molecule has 0 bridgehead atoms. The first-order valence-corrected chi connectivity index (χ1v) is 36.1. The average Bonchev–Trinajstić information content (AvgIpc) is 0.732. The van der Waals surface area contributed by atoms with Gasteiger partial charge in [0, 0.05) is 11.3 Å². The Labute approximate surface area is 599 Å². The van der Waals surface area contributed by atoms with Gasteiger partial charge in [0.25, 0.3) is 0 Å². The molecule has 0 spiro atoms. The summed E-state index contributed by atoms with van der Waals surface area (Å²) in [7, 11) is 0. The fourth-order valence-corrected chi connectivity index (χ4v) is 20.2. The summed E-state index contributed by atoms with van der Waals surface area (Å²) < 4.78 is 82.9. The molecule has 598 valence electrons. The number of fused-ring (bicyclic) bond motifs is 7. The Bertz CT molecular complexity index is 3000. The van der Waals surface area contributed by atoms with Gasteiger partial charge in [-0.15, -0.1) is 0 Å². The number of allylic oxidation sites excluding steroid dienone is 2. The first-order chi connectivity index (χ1) is 48.7. The second kappa shape index (κ2) is 30.1. The van der Waals surface area contributed by atoms with E-state index >= 15 is 4.79 Å². The van der Waals surface area contributed by atoms with Gasteiger partial charge in [0.1, 0.15) is 127 Å². The molecule has 42 atom stereocenters. The van der Waals surface area contributed by atoms with Gasteiger partial charge in [0.15, 0.2) is 43.8 Å². The summed E-state index contributed by atoms with van der Waals surface area (Å²) >= 11 is 0. The van der Waals surface area contributed by atoms with Crippen molar-refractivity contribution in [1.29, 1.82) is 0 Å². The maximum atomic E-state index is 15.7. The zero-order valence-corrected chi connectivity index (χ0v) is 59.3. The van der Waals surface area contributed by atoms with E-state index in [0.29, 0.717) is 19.3 Å². The minimum Gasteiger partial charge on any atom is -0.432 e. The molecule has 21 N–H and O–H groups in total. The summed E-state index contributed by atoms with van der Waals surface area (Å²) in [6, 6.07) is 0. The third kappa shape index (κ3) is 13.6. The largest absolute Gasteiger partial charge is 0.432 e. The Kier molecular flexibility index (Phi) is 23.5. The van der Waals surface area contributed by atoms with Gasteiger partial charge in [-0.3, -0.25) is 4.79 Å². The van der Waals surface area contributed by atoms with Gasteiger partial charge in [0.2, 0.25) is 6.29 Å². The van der Waals surface area contributed by atoms with Gasteiger partial charge < -0.3 is 174 Å². The summed E-state index contributed by atoms with van der Waals surface area (Å²) in [6.45, 7) is 9.78. The number of hydrogen-bond donors (Lipinski definition) is 21. The Morgan fingerprint density at radius 1 is 0.500 bits per heavy atom. The van der Waals surface area contributed by atoms with Crippen LogP contribution in [0.2, 0.25) is 0 Å². The van der Waals surface area contributed by atoms with Crippen molar-refractivity contribution in [3.05, 3.63) is 11.6 Å². The van der Waals surface area contributed by atoms with E-state index < -0.39 is 311 Å². The lowest BCUT2D eigenvalue weighted by molar-refractivity contribution is -0.386. The fraction of sp³-hybridized carbons (Fsp3) is 0.956. The van der Waals surface area contributed by atoms with Crippen LogP contribution in [0.25, 0.3) is 0 Å². The maximum Gasteiger partial charge on any atom is 0.317 e. The van der Waals surface area contributed by atoms with E-state index in [9.17, 15) is 107 Å². The highest BCUT2D eigenvalue weighted by Gasteiger charge is 2.75. The highest BCUT2D eigenvalue weighted by molar-refractivity contribution is 5.80. The molecule has 0 unspecified atom stereocenters. The third-order valence-electron chi connectivity index (χ3n) is 26.3. The number of carbonyl (C=O) groups excluding carboxylic acids is 1. The van der Waals surface area contributed by atoms with Crippen molar-refractivity contribution >= 4 is 5.97 Å². The second-order valence-electron chi connectivity index (χ2n) is 33.3. The van der Waals surface area contributed by atoms with Crippen LogP contribution in [0.4, 0.5) is 0 Å². The fourth-order valence-electron chi connectivity index (χ4n) is 20.2. The molecule has 0 aromatic rings. The quantitative estimate of drug-likeness (QED) is 0.0365. The zero-order valence-electron chi connectivity index (χ0n) is 59.3. The van der Waals surface area contributed by atoms with Crippen LogP contribution in [0.5, 0.6) is 0 Å². The molecular formula is C68H110O36. The topological polar surface area (TPSA) is 571 Å². The zero-order chi connectivity index (χ0) is 75.9. The van der Waals surface area contributed by atoms with E-state index in [0.717, 1.165) is 5.57 Å². The Morgan fingerprint density at radius 3 is 1.73 bits per heavy atom. The summed E-state index contributed by atoms with van der Waals surface area (Å²) in [5, 5.41) is 236. The van der Waals surface area contributed by atoms with E-state index in [4.69, 9.17) is 66.3 Å². The maximum absolute atomic E-state index is 15.7. The summed E-state index contributed by atoms with van der Waals surface area (Å²) in [6.07, 6.45) is -52.5. The first kappa shape index (κ1) is 81.3. The molecule has 0 amide bonds. The van der Waals surface area contributed by atoms with Crippen molar-refractivity contribution in [2.24, 2.45) is 50.2 Å². The number of carbonyl (C=O) groups is 1. The number of aliphatic hydroxyl groups excluding tert-OH is 20. The van der Waals surface area contributed by atoms with Gasteiger partial charge in [0.05, 0.1) is 82.9 Å². The van der Waals surface area contributed by atoms with Crippen LogP contribution < -0.4 is 0 Å². The minimum atomic E-state index is -2.14. The lowest BCUT2D eigenvalue weighted by Gasteiger charge is -2.73. The van der Waals surface area contributed by atoms with E-state index in [1.54, 1.807) is 6.92 Å². The highest BCUT2D eigenvalue weighted by atomic mass is 16.8. The molecule has 104 heavy (non-hydrogen) atoms. The highest BCUT2D eigenvalue weighted by Crippen LogP contribution is 2.76. The van der Waals surface area contributed by atoms with Crippen molar-refractivity contribution in [2.45, 2.75) is 309 Å². The van der Waals surface area contributed by atoms with Gasteiger partial charge in [-0.2, -0.15) is 0 Å². The molecule has 0 aromatic heterocycles. The van der Waals surface area contributed by atoms with E-state index in [-0.39, 0.29) is 25.7 Å². The molecule has 4 saturated carbocycles. The first-order valence-electron chi connectivity index (χ1n) is 36.1. The molecular weight excluding hydrogens is 1390 g/mol. The third-order valence-corrected chi connectivity index (χ3v) is 26.3. The number of aliphatic hydroxyl groups is 21. The van der Waals surface area contributed by atoms with E-state index in [1.807, 2.05) is 34.6 Å². The summed E-state index contributed by atoms with van der Waals surface area (Å²) in [4.78, 5) is 15.7. The van der Waals surface area contributed by atoms with Gasteiger partial charge in [-0.1, -0.05) is 53.2 Å².